The normalized spacial score (nSPS) is 12.0. The van der Waals surface area contributed by atoms with Crippen molar-refractivity contribution in [2.24, 2.45) is 0 Å². The minimum atomic E-state index is -3.88. The van der Waals surface area contributed by atoms with Gasteiger partial charge in [-0.05, 0) is 34.5 Å². The average Bonchev–Trinajstić information content (AvgIpc) is 2.92. The molecular formula is C11H8BrClN4O2S2. The zero-order chi connectivity index (χ0) is 15.2. The number of sulfonamides is 1. The summed E-state index contributed by atoms with van der Waals surface area (Å²) in [6, 6.07) is 1.63. The Hall–Kier alpha value is -1.16. The van der Waals surface area contributed by atoms with Gasteiger partial charge in [0.25, 0.3) is 10.0 Å². The number of imidazole rings is 1. The van der Waals surface area contributed by atoms with Crippen molar-refractivity contribution < 1.29 is 8.42 Å². The van der Waals surface area contributed by atoms with Crippen LogP contribution < -0.4 is 4.72 Å². The molecule has 10 heteroatoms. The maximum Gasteiger partial charge on any atom is 0.282 e. The van der Waals surface area contributed by atoms with E-state index in [9.17, 15) is 8.42 Å². The first kappa shape index (κ1) is 14.8. The highest BCUT2D eigenvalue weighted by molar-refractivity contribution is 9.10. The number of thiazole rings is 1. The number of nitrogens with zero attached hydrogens (tertiary/aromatic N) is 3. The van der Waals surface area contributed by atoms with E-state index in [1.165, 1.54) is 21.9 Å². The fourth-order valence-corrected chi connectivity index (χ4v) is 4.43. The number of aromatic nitrogens is 3. The van der Waals surface area contributed by atoms with E-state index in [4.69, 9.17) is 11.6 Å². The standard InChI is InChI=1S/C11H8BrClN4O2S2/c1-6-4-8(14-5-7(6)12)16-21(18,19)10-9(13)15-11-17(10)2-3-20-11/h2-5H,1H3,(H,14,16). The van der Waals surface area contributed by atoms with Gasteiger partial charge in [-0.3, -0.25) is 9.12 Å². The first-order valence-corrected chi connectivity index (χ1v) is 9.18. The number of hydrogen-bond donors (Lipinski definition) is 1. The fraction of sp³-hybridized carbons (Fsp3) is 0.0909. The lowest BCUT2D eigenvalue weighted by atomic mass is 10.3. The number of fused-ring (bicyclic) bond motifs is 1. The largest absolute Gasteiger partial charge is 0.282 e. The van der Waals surface area contributed by atoms with Crippen LogP contribution in [0.15, 0.2) is 33.3 Å². The molecule has 0 aliphatic rings. The third-order valence-electron chi connectivity index (χ3n) is 2.72. The maximum atomic E-state index is 12.5. The summed E-state index contributed by atoms with van der Waals surface area (Å²) in [6.45, 7) is 1.84. The third kappa shape index (κ3) is 2.66. The average molecular weight is 408 g/mol. The predicted octanol–water partition coefficient (Wildman–Crippen LogP) is 3.32. The Kier molecular flexibility index (Phi) is 3.68. The van der Waals surface area contributed by atoms with Crippen molar-refractivity contribution in [2.75, 3.05) is 4.72 Å². The molecule has 0 aliphatic carbocycles. The number of pyridine rings is 1. The summed E-state index contributed by atoms with van der Waals surface area (Å²) in [4.78, 5) is 8.55. The summed E-state index contributed by atoms with van der Waals surface area (Å²) >= 11 is 10.6. The van der Waals surface area contributed by atoms with Gasteiger partial charge in [-0.1, -0.05) is 11.6 Å². The lowest BCUT2D eigenvalue weighted by Gasteiger charge is -2.08. The highest BCUT2D eigenvalue weighted by Crippen LogP contribution is 2.27. The number of anilines is 1. The van der Waals surface area contributed by atoms with Crippen LogP contribution in [0, 0.1) is 6.92 Å². The Bertz CT molecular complexity index is 935. The quantitative estimate of drug-likeness (QED) is 0.722. The molecule has 3 aromatic rings. The summed E-state index contributed by atoms with van der Waals surface area (Å²) < 4.78 is 29.6. The van der Waals surface area contributed by atoms with Crippen LogP contribution in [-0.2, 0) is 10.0 Å². The molecule has 3 aromatic heterocycles. The molecule has 6 nitrogen and oxygen atoms in total. The summed E-state index contributed by atoms with van der Waals surface area (Å²) in [6.07, 6.45) is 3.14. The first-order chi connectivity index (χ1) is 9.88. The lowest BCUT2D eigenvalue weighted by molar-refractivity contribution is 0.596. The van der Waals surface area contributed by atoms with Crippen molar-refractivity contribution >= 4 is 59.7 Å². The predicted molar refractivity (Wildman–Crippen MR) is 85.6 cm³/mol. The molecule has 0 saturated heterocycles. The Morgan fingerprint density at radius 1 is 1.48 bits per heavy atom. The lowest BCUT2D eigenvalue weighted by Crippen LogP contribution is -2.16. The highest BCUT2D eigenvalue weighted by Gasteiger charge is 2.25. The van der Waals surface area contributed by atoms with Gasteiger partial charge in [-0.25, -0.2) is 9.97 Å². The van der Waals surface area contributed by atoms with E-state index in [1.54, 1.807) is 17.6 Å². The zero-order valence-corrected chi connectivity index (χ0v) is 14.5. The molecule has 0 bridgehead atoms. The summed E-state index contributed by atoms with van der Waals surface area (Å²) in [5.74, 6) is 0.219. The number of halogens is 2. The molecule has 0 atom stereocenters. The highest BCUT2D eigenvalue weighted by atomic mass is 79.9. The molecule has 0 radical (unpaired) electrons. The second-order valence-electron chi connectivity index (χ2n) is 4.19. The molecule has 1 N–H and O–H groups in total. The fourth-order valence-electron chi connectivity index (χ4n) is 1.76. The van der Waals surface area contributed by atoms with Crippen LogP contribution >= 0.6 is 38.9 Å². The van der Waals surface area contributed by atoms with Gasteiger partial charge in [0.15, 0.2) is 15.1 Å². The Balaban J connectivity index is 2.06. The summed E-state index contributed by atoms with van der Waals surface area (Å²) in [7, 11) is -3.88. The van der Waals surface area contributed by atoms with Gasteiger partial charge in [0.2, 0.25) is 0 Å². The number of nitrogens with one attached hydrogen (secondary N) is 1. The SMILES string of the molecule is Cc1cc(NS(=O)(=O)c2c(Cl)nc3sccn23)ncc1Br. The molecule has 0 saturated carbocycles. The summed E-state index contributed by atoms with van der Waals surface area (Å²) in [5, 5.41) is 1.57. The molecular weight excluding hydrogens is 400 g/mol. The topological polar surface area (TPSA) is 76.4 Å². The van der Waals surface area contributed by atoms with Gasteiger partial charge in [-0.15, -0.1) is 11.3 Å². The van der Waals surface area contributed by atoms with Gasteiger partial charge in [0.05, 0.1) is 0 Å². The van der Waals surface area contributed by atoms with Crippen molar-refractivity contribution in [1.82, 2.24) is 14.4 Å². The number of rotatable bonds is 3. The monoisotopic (exact) mass is 406 g/mol. The molecule has 21 heavy (non-hydrogen) atoms. The van der Waals surface area contributed by atoms with Crippen molar-refractivity contribution in [3.05, 3.63) is 39.0 Å². The van der Waals surface area contributed by atoms with Gasteiger partial charge in [0.1, 0.15) is 5.82 Å². The number of hydrogen-bond acceptors (Lipinski definition) is 5. The minimum Gasteiger partial charge on any atom is -0.278 e. The van der Waals surface area contributed by atoms with Crippen LogP contribution in [-0.4, -0.2) is 22.8 Å². The maximum absolute atomic E-state index is 12.5. The van der Waals surface area contributed by atoms with Crippen molar-refractivity contribution in [3.8, 4) is 0 Å². The van der Waals surface area contributed by atoms with Crippen LogP contribution in [0.25, 0.3) is 4.96 Å². The van der Waals surface area contributed by atoms with Crippen LogP contribution in [0.3, 0.4) is 0 Å². The Morgan fingerprint density at radius 3 is 2.95 bits per heavy atom. The van der Waals surface area contributed by atoms with Crippen LogP contribution in [0.1, 0.15) is 5.56 Å². The molecule has 0 aliphatic heterocycles. The third-order valence-corrected chi connectivity index (χ3v) is 6.06. The minimum absolute atomic E-state index is 0.0665. The van der Waals surface area contributed by atoms with E-state index in [-0.39, 0.29) is 16.0 Å². The van der Waals surface area contributed by atoms with Crippen molar-refractivity contribution in [1.29, 1.82) is 0 Å². The molecule has 0 spiro atoms. The van der Waals surface area contributed by atoms with E-state index < -0.39 is 10.0 Å². The summed E-state index contributed by atoms with van der Waals surface area (Å²) in [5.41, 5.74) is 0.864. The van der Waals surface area contributed by atoms with Crippen molar-refractivity contribution in [2.45, 2.75) is 11.9 Å². The van der Waals surface area contributed by atoms with Crippen LogP contribution in [0.5, 0.6) is 0 Å². The molecule has 0 amide bonds. The molecule has 3 heterocycles. The van der Waals surface area contributed by atoms with E-state index >= 15 is 0 Å². The second kappa shape index (κ2) is 5.24. The van der Waals surface area contributed by atoms with Crippen molar-refractivity contribution in [3.63, 3.8) is 0 Å². The Labute approximate surface area is 138 Å². The van der Waals surface area contributed by atoms with E-state index in [1.807, 2.05) is 6.92 Å². The van der Waals surface area contributed by atoms with Gasteiger partial charge in [0, 0.05) is 22.2 Å². The molecule has 0 fully saturated rings. The van der Waals surface area contributed by atoms with Crippen LogP contribution in [0.2, 0.25) is 5.15 Å². The second-order valence-corrected chi connectivity index (χ2v) is 7.87. The molecule has 0 aromatic carbocycles. The van der Waals surface area contributed by atoms with Crippen LogP contribution in [0.4, 0.5) is 5.82 Å². The number of aryl methyl sites for hydroxylation is 1. The van der Waals surface area contributed by atoms with E-state index in [0.29, 0.717) is 4.96 Å². The van der Waals surface area contributed by atoms with E-state index in [0.717, 1.165) is 10.0 Å². The van der Waals surface area contributed by atoms with Gasteiger partial charge < -0.3 is 0 Å². The zero-order valence-electron chi connectivity index (χ0n) is 10.5. The molecule has 0 unspecified atom stereocenters. The first-order valence-electron chi connectivity index (χ1n) is 5.64. The molecule has 3 rings (SSSR count). The van der Waals surface area contributed by atoms with Gasteiger partial charge in [-0.2, -0.15) is 8.42 Å². The smallest absolute Gasteiger partial charge is 0.278 e. The Morgan fingerprint density at radius 2 is 2.24 bits per heavy atom. The van der Waals surface area contributed by atoms with Gasteiger partial charge >= 0.3 is 0 Å². The van der Waals surface area contributed by atoms with E-state index in [2.05, 4.69) is 30.6 Å². The molecule has 110 valence electrons.